The average Bonchev–Trinajstić information content (AvgIpc) is 2.59. The van der Waals surface area contributed by atoms with Gasteiger partial charge in [0.2, 0.25) is 0 Å². The number of carbonyl (C=O) groups excluding carboxylic acids is 1. The maximum Gasteiger partial charge on any atom is 0.266 e. The number of benzene rings is 1. The van der Waals surface area contributed by atoms with Gasteiger partial charge in [0.05, 0.1) is 4.91 Å². The van der Waals surface area contributed by atoms with Crippen LogP contribution in [0.15, 0.2) is 23.1 Å². The monoisotopic (exact) mass is 279 g/mol. The number of carbonyl (C=O) groups is 1. The summed E-state index contributed by atoms with van der Waals surface area (Å²) >= 11 is 6.41. The number of hydrogen-bond acceptors (Lipinski definition) is 4. The van der Waals surface area contributed by atoms with Gasteiger partial charge in [-0.15, -0.1) is 0 Å². The summed E-state index contributed by atoms with van der Waals surface area (Å²) in [6, 6.07) is 5.29. The summed E-state index contributed by atoms with van der Waals surface area (Å²) in [5.41, 5.74) is 1.68. The highest BCUT2D eigenvalue weighted by Crippen LogP contribution is 2.33. The second-order valence-corrected chi connectivity index (χ2v) is 5.66. The van der Waals surface area contributed by atoms with Crippen molar-refractivity contribution in [2.24, 2.45) is 0 Å². The van der Waals surface area contributed by atoms with E-state index in [1.807, 2.05) is 26.0 Å². The zero-order valence-electron chi connectivity index (χ0n) is 10.1. The Balaban J connectivity index is 2.38. The summed E-state index contributed by atoms with van der Waals surface area (Å²) in [4.78, 5) is 14.1. The predicted octanol–water partition coefficient (Wildman–Crippen LogP) is 2.92. The molecule has 0 spiro atoms. The molecule has 0 bridgehead atoms. The molecular formula is C13H13NO2S2. The molecule has 1 amide bonds. The Morgan fingerprint density at radius 2 is 2.22 bits per heavy atom. The molecule has 3 nitrogen and oxygen atoms in total. The molecule has 0 saturated carbocycles. The van der Waals surface area contributed by atoms with Gasteiger partial charge in [-0.1, -0.05) is 35.6 Å². The van der Waals surface area contributed by atoms with Gasteiger partial charge in [0.1, 0.15) is 10.1 Å². The molecule has 1 aliphatic rings. The molecule has 1 N–H and O–H groups in total. The number of hydrogen-bond donors (Lipinski definition) is 1. The first-order chi connectivity index (χ1) is 8.52. The highest BCUT2D eigenvalue weighted by molar-refractivity contribution is 8.26. The minimum atomic E-state index is -0.0894. The largest absolute Gasteiger partial charge is 0.507 e. The third kappa shape index (κ3) is 2.42. The third-order valence-electron chi connectivity index (χ3n) is 2.66. The maximum atomic E-state index is 12.0. The van der Waals surface area contributed by atoms with Crippen molar-refractivity contribution in [2.75, 3.05) is 6.54 Å². The van der Waals surface area contributed by atoms with E-state index in [-0.39, 0.29) is 11.7 Å². The van der Waals surface area contributed by atoms with Crippen LogP contribution in [-0.2, 0) is 4.79 Å². The van der Waals surface area contributed by atoms with Crippen LogP contribution in [0.2, 0.25) is 0 Å². The standard InChI is InChI=1S/C13H13NO2S2/c1-3-14-12(16)11(18-13(14)17)7-9-6-8(2)4-5-10(9)15/h4-7,15H,3H2,1-2H3/b11-7+. The van der Waals surface area contributed by atoms with Gasteiger partial charge >= 0.3 is 0 Å². The number of nitrogens with zero attached hydrogens (tertiary/aromatic N) is 1. The summed E-state index contributed by atoms with van der Waals surface area (Å²) in [6.45, 7) is 4.40. The van der Waals surface area contributed by atoms with Crippen LogP contribution in [0.4, 0.5) is 0 Å². The number of phenolic OH excluding ortho intramolecular Hbond substituents is 1. The SMILES string of the molecule is CCN1C(=O)/C(=C\c2cc(C)ccc2O)SC1=S. The van der Waals surface area contributed by atoms with Crippen LogP contribution in [0.1, 0.15) is 18.1 Å². The molecule has 18 heavy (non-hydrogen) atoms. The van der Waals surface area contributed by atoms with Crippen LogP contribution >= 0.6 is 24.0 Å². The van der Waals surface area contributed by atoms with Crippen molar-refractivity contribution in [2.45, 2.75) is 13.8 Å². The Hall–Kier alpha value is -1.33. The summed E-state index contributed by atoms with van der Waals surface area (Å²) in [5.74, 6) is 0.0794. The number of amides is 1. The fourth-order valence-electron chi connectivity index (χ4n) is 1.70. The molecule has 1 aromatic carbocycles. The average molecular weight is 279 g/mol. The van der Waals surface area contributed by atoms with E-state index in [4.69, 9.17) is 12.2 Å². The molecule has 0 unspecified atom stereocenters. The van der Waals surface area contributed by atoms with E-state index in [0.29, 0.717) is 21.3 Å². The van der Waals surface area contributed by atoms with Gasteiger partial charge in [-0.3, -0.25) is 9.69 Å². The molecule has 0 aliphatic carbocycles. The number of thiocarbonyl (C=S) groups is 1. The zero-order valence-corrected chi connectivity index (χ0v) is 11.8. The third-order valence-corrected chi connectivity index (χ3v) is 4.04. The summed E-state index contributed by atoms with van der Waals surface area (Å²) in [5, 5.41) is 9.76. The number of thioether (sulfide) groups is 1. The van der Waals surface area contributed by atoms with E-state index < -0.39 is 0 Å². The fraction of sp³-hybridized carbons (Fsp3) is 0.231. The first-order valence-corrected chi connectivity index (χ1v) is 6.80. The Morgan fingerprint density at radius 3 is 2.83 bits per heavy atom. The van der Waals surface area contributed by atoms with Crippen LogP contribution in [0.25, 0.3) is 6.08 Å². The molecule has 1 heterocycles. The summed E-state index contributed by atoms with van der Waals surface area (Å²) < 4.78 is 0.570. The minimum Gasteiger partial charge on any atom is -0.507 e. The zero-order chi connectivity index (χ0) is 13.3. The normalized spacial score (nSPS) is 17.9. The van der Waals surface area contributed by atoms with E-state index in [1.165, 1.54) is 11.8 Å². The van der Waals surface area contributed by atoms with Crippen molar-refractivity contribution in [3.8, 4) is 5.75 Å². The molecular weight excluding hydrogens is 266 g/mol. The highest BCUT2D eigenvalue weighted by atomic mass is 32.2. The van der Waals surface area contributed by atoms with Crippen molar-refractivity contribution in [3.63, 3.8) is 0 Å². The lowest BCUT2D eigenvalue weighted by Gasteiger charge is -2.09. The number of phenols is 1. The van der Waals surface area contributed by atoms with Crippen LogP contribution in [0.3, 0.4) is 0 Å². The molecule has 0 aromatic heterocycles. The van der Waals surface area contributed by atoms with E-state index in [9.17, 15) is 9.90 Å². The second kappa shape index (κ2) is 5.12. The van der Waals surface area contributed by atoms with Crippen molar-refractivity contribution in [1.82, 2.24) is 4.90 Å². The lowest BCUT2D eigenvalue weighted by Crippen LogP contribution is -2.27. The van der Waals surface area contributed by atoms with E-state index in [2.05, 4.69) is 0 Å². The fourth-order valence-corrected chi connectivity index (χ4v) is 3.08. The first kappa shape index (κ1) is 13.1. The van der Waals surface area contributed by atoms with Crippen LogP contribution < -0.4 is 0 Å². The molecule has 0 atom stereocenters. The smallest absolute Gasteiger partial charge is 0.266 e. The second-order valence-electron chi connectivity index (χ2n) is 3.99. The quantitative estimate of drug-likeness (QED) is 0.667. The van der Waals surface area contributed by atoms with Gasteiger partial charge in [0, 0.05) is 12.1 Å². The van der Waals surface area contributed by atoms with Crippen LogP contribution in [0.5, 0.6) is 5.75 Å². The van der Waals surface area contributed by atoms with Gasteiger partial charge in [-0.25, -0.2) is 0 Å². The summed E-state index contributed by atoms with van der Waals surface area (Å²) in [7, 11) is 0. The number of likely N-dealkylation sites (N-methyl/N-ethyl adjacent to an activating group) is 1. The van der Waals surface area contributed by atoms with Crippen molar-refractivity contribution >= 4 is 40.3 Å². The lowest BCUT2D eigenvalue weighted by atomic mass is 10.1. The van der Waals surface area contributed by atoms with Gasteiger partial charge in [-0.2, -0.15) is 0 Å². The molecule has 0 radical (unpaired) electrons. The van der Waals surface area contributed by atoms with Crippen molar-refractivity contribution < 1.29 is 9.90 Å². The number of aryl methyl sites for hydroxylation is 1. The van der Waals surface area contributed by atoms with Crippen molar-refractivity contribution in [3.05, 3.63) is 34.2 Å². The van der Waals surface area contributed by atoms with E-state index >= 15 is 0 Å². The number of aromatic hydroxyl groups is 1. The highest BCUT2D eigenvalue weighted by Gasteiger charge is 2.30. The molecule has 1 fully saturated rings. The predicted molar refractivity (Wildman–Crippen MR) is 78.4 cm³/mol. The lowest BCUT2D eigenvalue weighted by molar-refractivity contribution is -0.121. The molecule has 2 rings (SSSR count). The van der Waals surface area contributed by atoms with Gasteiger partial charge in [0.15, 0.2) is 0 Å². The molecule has 94 valence electrons. The first-order valence-electron chi connectivity index (χ1n) is 5.58. The Bertz CT molecular complexity index is 552. The maximum absolute atomic E-state index is 12.0. The van der Waals surface area contributed by atoms with Gasteiger partial charge in [0.25, 0.3) is 5.91 Å². The Morgan fingerprint density at radius 1 is 1.50 bits per heavy atom. The van der Waals surface area contributed by atoms with E-state index in [1.54, 1.807) is 17.0 Å². The van der Waals surface area contributed by atoms with E-state index in [0.717, 1.165) is 5.56 Å². The van der Waals surface area contributed by atoms with Crippen molar-refractivity contribution in [1.29, 1.82) is 0 Å². The van der Waals surface area contributed by atoms with Gasteiger partial charge < -0.3 is 5.11 Å². The van der Waals surface area contributed by atoms with Crippen LogP contribution in [0, 0.1) is 6.92 Å². The number of rotatable bonds is 2. The molecule has 1 aromatic rings. The molecule has 1 aliphatic heterocycles. The topological polar surface area (TPSA) is 40.5 Å². The molecule has 1 saturated heterocycles. The van der Waals surface area contributed by atoms with Crippen LogP contribution in [-0.4, -0.2) is 26.8 Å². The Kier molecular flexibility index (Phi) is 3.73. The van der Waals surface area contributed by atoms with Gasteiger partial charge in [-0.05, 0) is 32.1 Å². The summed E-state index contributed by atoms with van der Waals surface area (Å²) in [6.07, 6.45) is 1.69. The Labute approximate surface area is 115 Å². The molecule has 5 heteroatoms. The minimum absolute atomic E-state index is 0.0894.